The highest BCUT2D eigenvalue weighted by molar-refractivity contribution is 5.87. The second-order valence-corrected chi connectivity index (χ2v) is 9.01. The van der Waals surface area contributed by atoms with Crippen molar-refractivity contribution in [3.05, 3.63) is 131 Å². The molecule has 8 heteroatoms. The summed E-state index contributed by atoms with van der Waals surface area (Å²) in [5.41, 5.74) is 8.33. The molecule has 2 amide bonds. The van der Waals surface area contributed by atoms with Crippen LogP contribution in [0.3, 0.4) is 0 Å². The number of nitrogens with two attached hydrogens (primary N) is 1. The maximum atomic E-state index is 13.5. The Bertz CT molecular complexity index is 1390. The fourth-order valence-corrected chi connectivity index (χ4v) is 3.98. The van der Waals surface area contributed by atoms with Crippen LogP contribution in [0.2, 0.25) is 0 Å². The van der Waals surface area contributed by atoms with E-state index in [1.807, 2.05) is 60.7 Å². The first-order chi connectivity index (χ1) is 18.9. The molecule has 39 heavy (non-hydrogen) atoms. The lowest BCUT2D eigenvalue weighted by Crippen LogP contribution is -2.46. The molecule has 4 aromatic carbocycles. The van der Waals surface area contributed by atoms with Gasteiger partial charge in [0.15, 0.2) is 11.5 Å². The lowest BCUT2D eigenvalue weighted by atomic mass is 10.0. The molecule has 0 fully saturated rings. The first-order valence-electron chi connectivity index (χ1n) is 12.4. The topological polar surface area (TPSA) is 90.7 Å². The van der Waals surface area contributed by atoms with Crippen LogP contribution in [0.5, 0.6) is 11.5 Å². The average Bonchev–Trinajstić information content (AvgIpc) is 2.91. The van der Waals surface area contributed by atoms with Crippen molar-refractivity contribution in [1.82, 2.24) is 5.32 Å². The van der Waals surface area contributed by atoms with E-state index in [2.05, 4.69) is 5.32 Å². The smallest absolute Gasteiger partial charge is 0.240 e. The van der Waals surface area contributed by atoms with Crippen molar-refractivity contribution in [1.29, 1.82) is 0 Å². The van der Waals surface area contributed by atoms with E-state index in [0.29, 0.717) is 30.3 Å². The molecular formula is C31H28F2N2O4. The lowest BCUT2D eigenvalue weighted by Gasteiger charge is -2.18. The maximum absolute atomic E-state index is 13.5. The molecule has 0 aromatic heterocycles. The van der Waals surface area contributed by atoms with Crippen molar-refractivity contribution in [3.63, 3.8) is 0 Å². The van der Waals surface area contributed by atoms with Gasteiger partial charge in [0.1, 0.15) is 30.9 Å². The predicted octanol–water partition coefficient (Wildman–Crippen LogP) is 4.88. The number of benzene rings is 4. The number of carbonyl (C=O) groups excluding carboxylic acids is 2. The maximum Gasteiger partial charge on any atom is 0.240 e. The summed E-state index contributed by atoms with van der Waals surface area (Å²) in [7, 11) is 0. The molecule has 6 nitrogen and oxygen atoms in total. The number of halogens is 2. The second kappa shape index (κ2) is 13.2. The molecule has 0 saturated carbocycles. The van der Waals surface area contributed by atoms with E-state index in [-0.39, 0.29) is 18.4 Å². The molecule has 3 N–H and O–H groups in total. The molecule has 0 bridgehead atoms. The third-order valence-electron chi connectivity index (χ3n) is 5.89. The van der Waals surface area contributed by atoms with E-state index < -0.39 is 29.5 Å². The van der Waals surface area contributed by atoms with Crippen LogP contribution < -0.4 is 20.5 Å². The van der Waals surface area contributed by atoms with Crippen LogP contribution in [0.25, 0.3) is 0 Å². The van der Waals surface area contributed by atoms with Gasteiger partial charge in [0.2, 0.25) is 11.8 Å². The Hall–Kier alpha value is -4.72. The van der Waals surface area contributed by atoms with Gasteiger partial charge in [-0.2, -0.15) is 0 Å². The van der Waals surface area contributed by atoms with E-state index in [0.717, 1.165) is 29.3 Å². The summed E-state index contributed by atoms with van der Waals surface area (Å²) >= 11 is 0. The molecule has 0 aliphatic carbocycles. The monoisotopic (exact) mass is 530 g/mol. The number of ether oxygens (including phenoxy) is 2. The fraction of sp³-hybridized carbons (Fsp3) is 0.161. The summed E-state index contributed by atoms with van der Waals surface area (Å²) in [5.74, 6) is -1.93. The summed E-state index contributed by atoms with van der Waals surface area (Å²) in [6.07, 6.45) is -0.227. The number of hydrogen-bond donors (Lipinski definition) is 2. The molecule has 0 saturated heterocycles. The quantitative estimate of drug-likeness (QED) is 0.273. The molecule has 0 spiro atoms. The third-order valence-corrected chi connectivity index (χ3v) is 5.89. The van der Waals surface area contributed by atoms with E-state index in [4.69, 9.17) is 15.2 Å². The van der Waals surface area contributed by atoms with Crippen molar-refractivity contribution in [2.75, 3.05) is 0 Å². The number of amides is 2. The molecule has 0 unspecified atom stereocenters. The van der Waals surface area contributed by atoms with Crippen LogP contribution >= 0.6 is 0 Å². The van der Waals surface area contributed by atoms with Gasteiger partial charge in [0.25, 0.3) is 0 Å². The highest BCUT2D eigenvalue weighted by Crippen LogP contribution is 2.30. The predicted molar refractivity (Wildman–Crippen MR) is 143 cm³/mol. The van der Waals surface area contributed by atoms with Gasteiger partial charge in [-0.25, -0.2) is 8.78 Å². The van der Waals surface area contributed by atoms with Crippen LogP contribution in [-0.4, -0.2) is 17.9 Å². The van der Waals surface area contributed by atoms with Crippen LogP contribution in [0.4, 0.5) is 8.78 Å². The zero-order valence-corrected chi connectivity index (χ0v) is 21.1. The third kappa shape index (κ3) is 8.39. The Morgan fingerprint density at radius 2 is 1.26 bits per heavy atom. The van der Waals surface area contributed by atoms with Crippen LogP contribution in [0.15, 0.2) is 97.1 Å². The van der Waals surface area contributed by atoms with Gasteiger partial charge < -0.3 is 20.5 Å². The molecule has 4 aromatic rings. The van der Waals surface area contributed by atoms with Crippen molar-refractivity contribution >= 4 is 11.8 Å². The molecule has 4 rings (SSSR count). The molecule has 0 aliphatic heterocycles. The van der Waals surface area contributed by atoms with Crippen molar-refractivity contribution < 1.29 is 27.8 Å². The van der Waals surface area contributed by atoms with E-state index in [9.17, 15) is 18.4 Å². The molecule has 200 valence electrons. The van der Waals surface area contributed by atoms with Gasteiger partial charge in [-0.15, -0.1) is 0 Å². The van der Waals surface area contributed by atoms with Crippen LogP contribution in [0.1, 0.15) is 22.3 Å². The standard InChI is InChI=1S/C31H28F2N2O4/c32-25-13-24(14-26(33)18-25)17-30(36)35-27(31(34)37)15-23-11-12-28(38-19-21-7-3-1-4-8-21)29(16-23)39-20-22-9-5-2-6-10-22/h1-14,16,18,27H,15,17,19-20H2,(H2,34,37)(H,35,36)/t27-/m0/s1. The zero-order chi connectivity index (χ0) is 27.6. The van der Waals surface area contributed by atoms with E-state index >= 15 is 0 Å². The van der Waals surface area contributed by atoms with Gasteiger partial charge in [0, 0.05) is 12.5 Å². The van der Waals surface area contributed by atoms with Crippen molar-refractivity contribution in [2.45, 2.75) is 32.1 Å². The number of primary amides is 1. The Balaban J connectivity index is 1.48. The van der Waals surface area contributed by atoms with E-state index in [1.54, 1.807) is 18.2 Å². The summed E-state index contributed by atoms with van der Waals surface area (Å²) < 4.78 is 39.1. The summed E-state index contributed by atoms with van der Waals surface area (Å²) in [5, 5.41) is 2.56. The van der Waals surface area contributed by atoms with Crippen LogP contribution in [-0.2, 0) is 35.6 Å². The molecule has 0 heterocycles. The molecule has 0 radical (unpaired) electrons. The van der Waals surface area contributed by atoms with Crippen molar-refractivity contribution in [3.8, 4) is 11.5 Å². The minimum atomic E-state index is -1.05. The Morgan fingerprint density at radius 1 is 0.692 bits per heavy atom. The first-order valence-corrected chi connectivity index (χ1v) is 12.4. The van der Waals surface area contributed by atoms with Gasteiger partial charge >= 0.3 is 0 Å². The minimum Gasteiger partial charge on any atom is -0.485 e. The van der Waals surface area contributed by atoms with Gasteiger partial charge in [0.05, 0.1) is 6.42 Å². The Morgan fingerprint density at radius 3 is 1.82 bits per heavy atom. The fourth-order valence-electron chi connectivity index (χ4n) is 3.98. The highest BCUT2D eigenvalue weighted by Gasteiger charge is 2.20. The van der Waals surface area contributed by atoms with Crippen LogP contribution in [0, 0.1) is 11.6 Å². The van der Waals surface area contributed by atoms with Gasteiger partial charge in [-0.1, -0.05) is 66.7 Å². The molecule has 1 atom stereocenters. The SMILES string of the molecule is NC(=O)[C@H](Cc1ccc(OCc2ccccc2)c(OCc2ccccc2)c1)NC(=O)Cc1cc(F)cc(F)c1. The Kier molecular flexibility index (Phi) is 9.24. The Labute approximate surface area is 225 Å². The van der Waals surface area contributed by atoms with Gasteiger partial charge in [-0.3, -0.25) is 9.59 Å². The highest BCUT2D eigenvalue weighted by atomic mass is 19.1. The summed E-state index contributed by atoms with van der Waals surface area (Å²) in [6.45, 7) is 0.634. The number of nitrogens with one attached hydrogen (secondary N) is 1. The lowest BCUT2D eigenvalue weighted by molar-refractivity contribution is -0.127. The largest absolute Gasteiger partial charge is 0.485 e. The normalized spacial score (nSPS) is 11.4. The molecular weight excluding hydrogens is 502 g/mol. The number of carbonyl (C=O) groups is 2. The first kappa shape index (κ1) is 27.3. The zero-order valence-electron chi connectivity index (χ0n) is 21.1. The minimum absolute atomic E-state index is 0.0826. The second-order valence-electron chi connectivity index (χ2n) is 9.01. The summed E-state index contributed by atoms with van der Waals surface area (Å²) in [6, 6.07) is 26.4. The molecule has 0 aliphatic rings. The number of hydrogen-bond acceptors (Lipinski definition) is 4. The summed E-state index contributed by atoms with van der Waals surface area (Å²) in [4.78, 5) is 24.7. The van der Waals surface area contributed by atoms with E-state index in [1.165, 1.54) is 0 Å². The average molecular weight is 531 g/mol. The number of rotatable bonds is 12. The van der Waals surface area contributed by atoms with Gasteiger partial charge in [-0.05, 0) is 46.5 Å². The van der Waals surface area contributed by atoms with Crippen molar-refractivity contribution in [2.24, 2.45) is 5.73 Å².